The van der Waals surface area contributed by atoms with E-state index in [0.29, 0.717) is 12.3 Å². The van der Waals surface area contributed by atoms with Gasteiger partial charge in [0.1, 0.15) is 0 Å². The standard InChI is InChI=1S/C16H25N3O2S/c1-11(2)8-15(20)19-6-4-13(5-7-19)17-16(21)18-14-10-22-9-12(14)3/h9-11,13H,4-8H2,1-3H3,(H2,17,18,21). The molecule has 5 nitrogen and oxygen atoms in total. The highest BCUT2D eigenvalue weighted by Gasteiger charge is 2.24. The van der Waals surface area contributed by atoms with Crippen molar-refractivity contribution in [1.82, 2.24) is 10.2 Å². The molecule has 122 valence electrons. The van der Waals surface area contributed by atoms with E-state index in [0.717, 1.165) is 37.2 Å². The summed E-state index contributed by atoms with van der Waals surface area (Å²) in [5, 5.41) is 9.82. The fraction of sp³-hybridized carbons (Fsp3) is 0.625. The van der Waals surface area contributed by atoms with Crippen LogP contribution in [-0.4, -0.2) is 36.0 Å². The highest BCUT2D eigenvalue weighted by atomic mass is 32.1. The normalized spacial score (nSPS) is 15.9. The van der Waals surface area contributed by atoms with Gasteiger partial charge in [-0.3, -0.25) is 4.79 Å². The summed E-state index contributed by atoms with van der Waals surface area (Å²) in [6.45, 7) is 7.55. The Morgan fingerprint density at radius 2 is 2.00 bits per heavy atom. The van der Waals surface area contributed by atoms with Gasteiger partial charge in [-0.05, 0) is 36.6 Å². The molecule has 0 bridgehead atoms. The van der Waals surface area contributed by atoms with Crippen LogP contribution in [0, 0.1) is 12.8 Å². The van der Waals surface area contributed by atoms with Crippen LogP contribution in [0.5, 0.6) is 0 Å². The van der Waals surface area contributed by atoms with Crippen LogP contribution in [0.15, 0.2) is 10.8 Å². The van der Waals surface area contributed by atoms with Crippen molar-refractivity contribution in [2.24, 2.45) is 5.92 Å². The molecule has 3 amide bonds. The number of amides is 3. The minimum Gasteiger partial charge on any atom is -0.343 e. The summed E-state index contributed by atoms with van der Waals surface area (Å²) in [6.07, 6.45) is 2.25. The quantitative estimate of drug-likeness (QED) is 0.894. The first-order valence-electron chi connectivity index (χ1n) is 7.83. The summed E-state index contributed by atoms with van der Waals surface area (Å²) < 4.78 is 0. The Morgan fingerprint density at radius 1 is 1.32 bits per heavy atom. The summed E-state index contributed by atoms with van der Waals surface area (Å²) in [4.78, 5) is 25.9. The summed E-state index contributed by atoms with van der Waals surface area (Å²) in [6, 6.07) is -0.0181. The SMILES string of the molecule is Cc1cscc1NC(=O)NC1CCN(C(=O)CC(C)C)CC1. The number of nitrogens with one attached hydrogen (secondary N) is 2. The first kappa shape index (κ1) is 16.8. The molecular weight excluding hydrogens is 298 g/mol. The van der Waals surface area contributed by atoms with E-state index >= 15 is 0 Å². The molecule has 1 aromatic heterocycles. The van der Waals surface area contributed by atoms with Crippen LogP contribution >= 0.6 is 11.3 Å². The van der Waals surface area contributed by atoms with E-state index in [9.17, 15) is 9.59 Å². The van der Waals surface area contributed by atoms with Crippen molar-refractivity contribution in [2.45, 2.75) is 46.1 Å². The maximum atomic E-state index is 12.0. The van der Waals surface area contributed by atoms with E-state index in [1.807, 2.05) is 22.6 Å². The molecule has 1 fully saturated rings. The Morgan fingerprint density at radius 3 is 2.55 bits per heavy atom. The first-order valence-corrected chi connectivity index (χ1v) is 8.78. The minimum absolute atomic E-state index is 0.141. The molecule has 0 aromatic carbocycles. The summed E-state index contributed by atoms with van der Waals surface area (Å²) in [7, 11) is 0. The van der Waals surface area contributed by atoms with Gasteiger partial charge in [0.15, 0.2) is 0 Å². The van der Waals surface area contributed by atoms with E-state index in [1.54, 1.807) is 11.3 Å². The van der Waals surface area contributed by atoms with E-state index in [-0.39, 0.29) is 18.0 Å². The lowest BCUT2D eigenvalue weighted by Crippen LogP contribution is -2.47. The molecule has 0 unspecified atom stereocenters. The van der Waals surface area contributed by atoms with Crippen LogP contribution in [0.2, 0.25) is 0 Å². The number of urea groups is 1. The molecule has 0 aliphatic carbocycles. The van der Waals surface area contributed by atoms with Gasteiger partial charge in [-0.2, -0.15) is 0 Å². The van der Waals surface area contributed by atoms with Gasteiger partial charge in [0, 0.05) is 30.9 Å². The lowest BCUT2D eigenvalue weighted by Gasteiger charge is -2.32. The average Bonchev–Trinajstić information content (AvgIpc) is 2.84. The topological polar surface area (TPSA) is 61.4 Å². The van der Waals surface area contributed by atoms with Crippen molar-refractivity contribution in [2.75, 3.05) is 18.4 Å². The Balaban J connectivity index is 1.74. The van der Waals surface area contributed by atoms with Gasteiger partial charge in [0.25, 0.3) is 0 Å². The number of piperidine rings is 1. The second-order valence-corrected chi connectivity index (χ2v) is 7.06. The van der Waals surface area contributed by atoms with Gasteiger partial charge in [-0.1, -0.05) is 13.8 Å². The maximum Gasteiger partial charge on any atom is 0.319 e. The average molecular weight is 323 g/mol. The van der Waals surface area contributed by atoms with Crippen LogP contribution in [0.4, 0.5) is 10.5 Å². The summed E-state index contributed by atoms with van der Waals surface area (Å²) in [5.41, 5.74) is 1.95. The van der Waals surface area contributed by atoms with Crippen LogP contribution in [0.25, 0.3) is 0 Å². The van der Waals surface area contributed by atoms with Crippen molar-refractivity contribution in [3.63, 3.8) is 0 Å². The zero-order chi connectivity index (χ0) is 16.1. The number of thiophene rings is 1. The molecule has 22 heavy (non-hydrogen) atoms. The van der Waals surface area contributed by atoms with Crippen molar-refractivity contribution in [1.29, 1.82) is 0 Å². The Labute approximate surface area is 136 Å². The molecule has 0 radical (unpaired) electrons. The predicted molar refractivity (Wildman–Crippen MR) is 90.3 cm³/mol. The van der Waals surface area contributed by atoms with Crippen molar-refractivity contribution in [3.8, 4) is 0 Å². The predicted octanol–water partition coefficient (Wildman–Crippen LogP) is 3.22. The van der Waals surface area contributed by atoms with Gasteiger partial charge in [0.2, 0.25) is 5.91 Å². The largest absolute Gasteiger partial charge is 0.343 e. The Kier molecular flexibility index (Phi) is 5.83. The number of aryl methyl sites for hydroxylation is 1. The molecule has 0 spiro atoms. The highest BCUT2D eigenvalue weighted by Crippen LogP contribution is 2.19. The van der Waals surface area contributed by atoms with Crippen molar-refractivity contribution in [3.05, 3.63) is 16.3 Å². The fourth-order valence-electron chi connectivity index (χ4n) is 2.58. The third-order valence-electron chi connectivity index (χ3n) is 3.87. The molecule has 2 rings (SSSR count). The van der Waals surface area contributed by atoms with Crippen LogP contribution in [0.3, 0.4) is 0 Å². The minimum atomic E-state index is -0.159. The molecule has 1 aromatic rings. The zero-order valence-corrected chi connectivity index (χ0v) is 14.3. The number of carbonyl (C=O) groups excluding carboxylic acids is 2. The highest BCUT2D eigenvalue weighted by molar-refractivity contribution is 7.08. The molecule has 2 heterocycles. The van der Waals surface area contributed by atoms with E-state index in [4.69, 9.17) is 0 Å². The van der Waals surface area contributed by atoms with Gasteiger partial charge in [0.05, 0.1) is 5.69 Å². The molecular formula is C16H25N3O2S. The smallest absolute Gasteiger partial charge is 0.319 e. The second kappa shape index (κ2) is 7.63. The zero-order valence-electron chi connectivity index (χ0n) is 13.5. The second-order valence-electron chi connectivity index (χ2n) is 6.32. The van der Waals surface area contributed by atoms with Crippen molar-refractivity contribution < 1.29 is 9.59 Å². The number of hydrogen-bond donors (Lipinski definition) is 2. The van der Waals surface area contributed by atoms with Crippen LogP contribution < -0.4 is 10.6 Å². The lowest BCUT2D eigenvalue weighted by molar-refractivity contribution is -0.133. The molecule has 0 saturated carbocycles. The first-order chi connectivity index (χ1) is 10.5. The molecule has 1 aliphatic heterocycles. The third-order valence-corrected chi connectivity index (χ3v) is 4.73. The number of hydrogen-bond acceptors (Lipinski definition) is 3. The summed E-state index contributed by atoms with van der Waals surface area (Å²) in [5.74, 6) is 0.620. The van der Waals surface area contributed by atoms with Gasteiger partial charge in [-0.25, -0.2) is 4.79 Å². The molecule has 0 atom stereocenters. The van der Waals surface area contributed by atoms with Gasteiger partial charge in [-0.15, -0.1) is 11.3 Å². The fourth-order valence-corrected chi connectivity index (χ4v) is 3.36. The van der Waals surface area contributed by atoms with E-state index < -0.39 is 0 Å². The maximum absolute atomic E-state index is 12.0. The lowest BCUT2D eigenvalue weighted by atomic mass is 10.0. The monoisotopic (exact) mass is 323 g/mol. The van der Waals surface area contributed by atoms with E-state index in [1.165, 1.54) is 0 Å². The summed E-state index contributed by atoms with van der Waals surface area (Å²) >= 11 is 1.58. The van der Waals surface area contributed by atoms with Crippen molar-refractivity contribution >= 4 is 29.0 Å². The van der Waals surface area contributed by atoms with Crippen LogP contribution in [0.1, 0.15) is 38.7 Å². The van der Waals surface area contributed by atoms with E-state index in [2.05, 4.69) is 24.5 Å². The Hall–Kier alpha value is -1.56. The van der Waals surface area contributed by atoms with Gasteiger partial charge >= 0.3 is 6.03 Å². The number of carbonyl (C=O) groups is 2. The molecule has 1 saturated heterocycles. The number of nitrogens with zero attached hydrogens (tertiary/aromatic N) is 1. The molecule has 6 heteroatoms. The molecule has 2 N–H and O–H groups in total. The third kappa shape index (κ3) is 4.73. The van der Waals surface area contributed by atoms with Gasteiger partial charge < -0.3 is 15.5 Å². The number of anilines is 1. The van der Waals surface area contributed by atoms with Crippen LogP contribution in [-0.2, 0) is 4.79 Å². The Bertz CT molecular complexity index is 519. The molecule has 1 aliphatic rings. The number of rotatable bonds is 4. The number of likely N-dealkylation sites (tertiary alicyclic amines) is 1.